The monoisotopic (exact) mass is 255 g/mol. The number of carboxylic acids is 1. The van der Waals surface area contributed by atoms with E-state index in [0.29, 0.717) is 19.6 Å². The average molecular weight is 255 g/mol. The predicted octanol–water partition coefficient (Wildman–Crippen LogP) is 1.27. The highest BCUT2D eigenvalue weighted by molar-refractivity contribution is 5.79. The number of amides is 1. The minimum absolute atomic E-state index is 0.00423. The molecule has 1 N–H and O–H groups in total. The lowest BCUT2D eigenvalue weighted by atomic mass is 9.95. The van der Waals surface area contributed by atoms with Crippen molar-refractivity contribution < 1.29 is 19.4 Å². The number of ether oxygens (including phenoxy) is 1. The van der Waals surface area contributed by atoms with Crippen LogP contribution in [0.15, 0.2) is 0 Å². The van der Waals surface area contributed by atoms with Crippen LogP contribution in [0.2, 0.25) is 0 Å². The minimum Gasteiger partial charge on any atom is -0.481 e. The fraction of sp³-hybridized carbons (Fsp3) is 0.846. The molecule has 2 saturated heterocycles. The van der Waals surface area contributed by atoms with E-state index >= 15 is 0 Å². The molecule has 0 unspecified atom stereocenters. The van der Waals surface area contributed by atoms with Crippen LogP contribution in [-0.2, 0) is 14.3 Å². The summed E-state index contributed by atoms with van der Waals surface area (Å²) in [6, 6.07) is 0.114. The Balaban J connectivity index is 1.93. The number of nitrogens with zero attached hydrogens (tertiary/aromatic N) is 1. The molecule has 1 amide bonds. The summed E-state index contributed by atoms with van der Waals surface area (Å²) in [5, 5.41) is 8.76. The van der Waals surface area contributed by atoms with Gasteiger partial charge in [0.15, 0.2) is 0 Å². The summed E-state index contributed by atoms with van der Waals surface area (Å²) in [5.41, 5.74) is 0. The van der Waals surface area contributed by atoms with Crippen molar-refractivity contribution in [2.24, 2.45) is 5.92 Å². The first-order chi connectivity index (χ1) is 8.68. The molecular formula is C13H21NO4. The van der Waals surface area contributed by atoms with E-state index in [1.807, 2.05) is 4.90 Å². The number of aliphatic carboxylic acids is 1. The first-order valence-electron chi connectivity index (χ1n) is 6.78. The van der Waals surface area contributed by atoms with Gasteiger partial charge in [-0.2, -0.15) is 0 Å². The molecule has 0 bridgehead atoms. The normalized spacial score (nSPS) is 28.3. The van der Waals surface area contributed by atoms with Gasteiger partial charge in [-0.25, -0.2) is 0 Å². The van der Waals surface area contributed by atoms with E-state index in [1.54, 1.807) is 0 Å². The highest BCUT2D eigenvalue weighted by Crippen LogP contribution is 2.25. The summed E-state index contributed by atoms with van der Waals surface area (Å²) in [6.45, 7) is 1.98. The van der Waals surface area contributed by atoms with E-state index < -0.39 is 5.97 Å². The van der Waals surface area contributed by atoms with Crippen LogP contribution in [0.4, 0.5) is 0 Å². The third kappa shape index (κ3) is 3.22. The van der Waals surface area contributed by atoms with Crippen LogP contribution in [0.25, 0.3) is 0 Å². The molecule has 5 nitrogen and oxygen atoms in total. The zero-order valence-corrected chi connectivity index (χ0v) is 10.6. The Morgan fingerprint density at radius 2 is 2.11 bits per heavy atom. The van der Waals surface area contributed by atoms with Gasteiger partial charge < -0.3 is 14.7 Å². The zero-order valence-electron chi connectivity index (χ0n) is 10.6. The van der Waals surface area contributed by atoms with Crippen molar-refractivity contribution in [1.29, 1.82) is 0 Å². The maximum absolute atomic E-state index is 12.4. The number of carbonyl (C=O) groups is 2. The Morgan fingerprint density at radius 3 is 2.78 bits per heavy atom. The summed E-state index contributed by atoms with van der Waals surface area (Å²) < 4.78 is 5.26. The number of likely N-dealkylation sites (tertiary alicyclic amines) is 1. The van der Waals surface area contributed by atoms with Crippen molar-refractivity contribution in [3.05, 3.63) is 0 Å². The predicted molar refractivity (Wildman–Crippen MR) is 65.1 cm³/mol. The van der Waals surface area contributed by atoms with E-state index in [2.05, 4.69) is 0 Å². The van der Waals surface area contributed by atoms with Crippen molar-refractivity contribution in [1.82, 2.24) is 4.90 Å². The lowest BCUT2D eigenvalue weighted by Crippen LogP contribution is -2.46. The van der Waals surface area contributed by atoms with Gasteiger partial charge in [0.2, 0.25) is 5.91 Å². The Bertz CT molecular complexity index is 312. The smallest absolute Gasteiger partial charge is 0.303 e. The second-order valence-electron chi connectivity index (χ2n) is 5.17. The molecule has 2 atom stereocenters. The molecule has 5 heteroatoms. The number of carbonyl (C=O) groups excluding carboxylic acids is 1. The van der Waals surface area contributed by atoms with Crippen LogP contribution in [0.5, 0.6) is 0 Å². The van der Waals surface area contributed by atoms with Crippen molar-refractivity contribution in [3.8, 4) is 0 Å². The molecule has 2 fully saturated rings. The summed E-state index contributed by atoms with van der Waals surface area (Å²) in [4.78, 5) is 24.9. The minimum atomic E-state index is -0.780. The quantitative estimate of drug-likeness (QED) is 0.821. The lowest BCUT2D eigenvalue weighted by Gasteiger charge is -2.37. The lowest BCUT2D eigenvalue weighted by molar-refractivity contribution is -0.142. The summed E-state index contributed by atoms with van der Waals surface area (Å²) in [5.74, 6) is -0.616. The Hall–Kier alpha value is -1.10. The highest BCUT2D eigenvalue weighted by Gasteiger charge is 2.33. The van der Waals surface area contributed by atoms with Gasteiger partial charge in [0.05, 0.1) is 12.5 Å². The number of rotatable bonds is 4. The topological polar surface area (TPSA) is 66.8 Å². The molecule has 0 spiro atoms. The zero-order chi connectivity index (χ0) is 13.0. The van der Waals surface area contributed by atoms with Gasteiger partial charge in [-0.3, -0.25) is 9.59 Å². The van der Waals surface area contributed by atoms with E-state index in [4.69, 9.17) is 9.84 Å². The van der Waals surface area contributed by atoms with Gasteiger partial charge in [-0.1, -0.05) is 0 Å². The van der Waals surface area contributed by atoms with Crippen LogP contribution >= 0.6 is 0 Å². The van der Waals surface area contributed by atoms with E-state index in [0.717, 1.165) is 32.2 Å². The van der Waals surface area contributed by atoms with Gasteiger partial charge in [-0.05, 0) is 32.1 Å². The van der Waals surface area contributed by atoms with Crippen molar-refractivity contribution in [2.45, 2.75) is 44.6 Å². The van der Waals surface area contributed by atoms with Gasteiger partial charge in [-0.15, -0.1) is 0 Å². The summed E-state index contributed by atoms with van der Waals surface area (Å²) in [7, 11) is 0. The van der Waals surface area contributed by atoms with Gasteiger partial charge in [0, 0.05) is 25.6 Å². The summed E-state index contributed by atoms with van der Waals surface area (Å²) in [6.07, 6.45) is 4.59. The number of carboxylic acid groups (broad SMARTS) is 1. The van der Waals surface area contributed by atoms with Gasteiger partial charge in [0.1, 0.15) is 0 Å². The second kappa shape index (κ2) is 6.18. The maximum atomic E-state index is 12.4. The third-order valence-corrected chi connectivity index (χ3v) is 3.88. The Labute approximate surface area is 107 Å². The maximum Gasteiger partial charge on any atom is 0.303 e. The molecule has 102 valence electrons. The van der Waals surface area contributed by atoms with Crippen LogP contribution in [0, 0.1) is 5.92 Å². The van der Waals surface area contributed by atoms with E-state index in [1.165, 1.54) is 0 Å². The molecule has 2 heterocycles. The van der Waals surface area contributed by atoms with E-state index in [-0.39, 0.29) is 24.3 Å². The van der Waals surface area contributed by atoms with Crippen LogP contribution in [0.1, 0.15) is 38.5 Å². The molecule has 18 heavy (non-hydrogen) atoms. The first kappa shape index (κ1) is 13.3. The second-order valence-corrected chi connectivity index (χ2v) is 5.17. The third-order valence-electron chi connectivity index (χ3n) is 3.88. The molecule has 0 saturated carbocycles. The number of hydrogen-bond acceptors (Lipinski definition) is 3. The Morgan fingerprint density at radius 1 is 1.28 bits per heavy atom. The molecule has 0 aromatic heterocycles. The molecule has 0 aromatic carbocycles. The first-order valence-corrected chi connectivity index (χ1v) is 6.78. The molecule has 0 aromatic rings. The van der Waals surface area contributed by atoms with Crippen LogP contribution < -0.4 is 0 Å². The van der Waals surface area contributed by atoms with Gasteiger partial charge in [0.25, 0.3) is 0 Å². The summed E-state index contributed by atoms with van der Waals surface area (Å²) >= 11 is 0. The van der Waals surface area contributed by atoms with Crippen LogP contribution in [0.3, 0.4) is 0 Å². The fourth-order valence-corrected chi connectivity index (χ4v) is 2.84. The van der Waals surface area contributed by atoms with Crippen molar-refractivity contribution in [2.75, 3.05) is 19.8 Å². The number of piperidine rings is 1. The van der Waals surface area contributed by atoms with Crippen LogP contribution in [-0.4, -0.2) is 47.7 Å². The molecule has 2 aliphatic heterocycles. The standard InChI is InChI=1S/C13H21NO4/c15-12(16)5-4-11-3-1-2-7-14(11)13(17)10-6-8-18-9-10/h10-11H,1-9H2,(H,15,16)/t10-,11-/m1/s1. The molecule has 0 aliphatic carbocycles. The SMILES string of the molecule is O=C(O)CC[C@H]1CCCCN1C(=O)[C@@H]1CCOC1. The van der Waals surface area contributed by atoms with Crippen molar-refractivity contribution >= 4 is 11.9 Å². The molecular weight excluding hydrogens is 234 g/mol. The van der Waals surface area contributed by atoms with E-state index in [9.17, 15) is 9.59 Å². The average Bonchev–Trinajstić information content (AvgIpc) is 2.89. The highest BCUT2D eigenvalue weighted by atomic mass is 16.5. The largest absolute Gasteiger partial charge is 0.481 e. The van der Waals surface area contributed by atoms with Gasteiger partial charge >= 0.3 is 5.97 Å². The Kier molecular flexibility index (Phi) is 4.58. The molecule has 2 rings (SSSR count). The molecule has 0 radical (unpaired) electrons. The number of hydrogen-bond donors (Lipinski definition) is 1. The molecule has 2 aliphatic rings. The fourth-order valence-electron chi connectivity index (χ4n) is 2.84. The van der Waals surface area contributed by atoms with Crippen molar-refractivity contribution in [3.63, 3.8) is 0 Å².